The average molecular weight is 374 g/mol. The molecule has 4 aromatic carbocycles. The molecule has 0 radical (unpaired) electrons. The van der Waals surface area contributed by atoms with Gasteiger partial charge in [0.05, 0.1) is 11.0 Å². The Labute approximate surface area is 170 Å². The Kier molecular flexibility index (Phi) is 3.25. The molecular formula is C27H22N2. The van der Waals surface area contributed by atoms with Crippen LogP contribution >= 0.6 is 0 Å². The SMILES string of the molecule is CC1(C)c2ccccc2Nc2cc3c4ccccc4n(-c4ccccc4)c3cc21. The van der Waals surface area contributed by atoms with Gasteiger partial charge in [0, 0.05) is 33.2 Å². The van der Waals surface area contributed by atoms with E-state index >= 15 is 0 Å². The van der Waals surface area contributed by atoms with Gasteiger partial charge in [0.15, 0.2) is 0 Å². The van der Waals surface area contributed by atoms with Gasteiger partial charge in [-0.15, -0.1) is 0 Å². The van der Waals surface area contributed by atoms with Gasteiger partial charge in [-0.2, -0.15) is 0 Å². The molecule has 0 spiro atoms. The number of nitrogens with one attached hydrogen (secondary N) is 1. The molecule has 6 rings (SSSR count). The molecule has 0 bridgehead atoms. The molecule has 0 unspecified atom stereocenters. The minimum Gasteiger partial charge on any atom is -0.355 e. The van der Waals surface area contributed by atoms with Gasteiger partial charge in [0.25, 0.3) is 0 Å². The lowest BCUT2D eigenvalue weighted by atomic mass is 9.74. The molecule has 0 fully saturated rings. The monoisotopic (exact) mass is 374 g/mol. The first-order chi connectivity index (χ1) is 14.1. The molecule has 2 heteroatoms. The van der Waals surface area contributed by atoms with E-state index in [1.165, 1.54) is 50.0 Å². The number of para-hydroxylation sites is 3. The lowest BCUT2D eigenvalue weighted by Gasteiger charge is -2.35. The summed E-state index contributed by atoms with van der Waals surface area (Å²) in [5.74, 6) is 0. The summed E-state index contributed by atoms with van der Waals surface area (Å²) in [6.07, 6.45) is 0. The third-order valence-corrected chi connectivity index (χ3v) is 6.37. The number of aromatic nitrogens is 1. The van der Waals surface area contributed by atoms with Crippen molar-refractivity contribution in [2.75, 3.05) is 5.32 Å². The van der Waals surface area contributed by atoms with Crippen molar-refractivity contribution >= 4 is 33.2 Å². The molecule has 0 amide bonds. The fourth-order valence-corrected chi connectivity index (χ4v) is 4.92. The van der Waals surface area contributed by atoms with Gasteiger partial charge in [0.2, 0.25) is 0 Å². The molecule has 1 aliphatic heterocycles. The Morgan fingerprint density at radius 2 is 1.34 bits per heavy atom. The van der Waals surface area contributed by atoms with E-state index in [9.17, 15) is 0 Å². The highest BCUT2D eigenvalue weighted by atomic mass is 15.0. The first-order valence-electron chi connectivity index (χ1n) is 10.1. The summed E-state index contributed by atoms with van der Waals surface area (Å²) in [6.45, 7) is 4.65. The summed E-state index contributed by atoms with van der Waals surface area (Å²) in [5.41, 5.74) is 8.71. The lowest BCUT2D eigenvalue weighted by molar-refractivity contribution is 0.639. The highest BCUT2D eigenvalue weighted by Crippen LogP contribution is 2.47. The quantitative estimate of drug-likeness (QED) is 0.329. The molecule has 0 saturated heterocycles. The Bertz CT molecular complexity index is 1390. The van der Waals surface area contributed by atoms with E-state index in [0.717, 1.165) is 0 Å². The van der Waals surface area contributed by atoms with E-state index in [1.807, 2.05) is 0 Å². The van der Waals surface area contributed by atoms with Crippen molar-refractivity contribution in [2.45, 2.75) is 19.3 Å². The standard InChI is InChI=1S/C27H22N2/c1-27(2)21-13-7-8-14-23(21)28-24-16-20-19-12-6-9-15-25(19)29(26(20)17-22(24)27)18-10-4-3-5-11-18/h3-17,28H,1-2H3. The predicted molar refractivity (Wildman–Crippen MR) is 123 cm³/mol. The largest absolute Gasteiger partial charge is 0.355 e. The van der Waals surface area contributed by atoms with Crippen molar-refractivity contribution in [2.24, 2.45) is 0 Å². The highest BCUT2D eigenvalue weighted by Gasteiger charge is 2.33. The summed E-state index contributed by atoms with van der Waals surface area (Å²) < 4.78 is 2.39. The second-order valence-corrected chi connectivity index (χ2v) is 8.40. The van der Waals surface area contributed by atoms with Crippen LogP contribution in [0.2, 0.25) is 0 Å². The molecule has 0 aliphatic carbocycles. The number of rotatable bonds is 1. The minimum absolute atomic E-state index is 0.0661. The number of anilines is 2. The number of nitrogens with zero attached hydrogens (tertiary/aromatic N) is 1. The fourth-order valence-electron chi connectivity index (χ4n) is 4.92. The Morgan fingerprint density at radius 1 is 0.621 bits per heavy atom. The third-order valence-electron chi connectivity index (χ3n) is 6.37. The second-order valence-electron chi connectivity index (χ2n) is 8.40. The molecule has 140 valence electrons. The molecule has 0 atom stereocenters. The topological polar surface area (TPSA) is 17.0 Å². The minimum atomic E-state index is -0.0661. The van der Waals surface area contributed by atoms with Crippen molar-refractivity contribution in [3.63, 3.8) is 0 Å². The van der Waals surface area contributed by atoms with Crippen LogP contribution < -0.4 is 5.32 Å². The van der Waals surface area contributed by atoms with Gasteiger partial charge in [-0.1, -0.05) is 68.4 Å². The van der Waals surface area contributed by atoms with Crippen LogP contribution in [-0.2, 0) is 5.41 Å². The van der Waals surface area contributed by atoms with Crippen LogP contribution in [0.25, 0.3) is 27.5 Å². The van der Waals surface area contributed by atoms with Crippen LogP contribution in [0.5, 0.6) is 0 Å². The summed E-state index contributed by atoms with van der Waals surface area (Å²) in [4.78, 5) is 0. The van der Waals surface area contributed by atoms with Gasteiger partial charge in [0.1, 0.15) is 0 Å². The molecule has 5 aromatic rings. The smallest absolute Gasteiger partial charge is 0.0545 e. The van der Waals surface area contributed by atoms with Crippen molar-refractivity contribution in [1.82, 2.24) is 4.57 Å². The predicted octanol–water partition coefficient (Wildman–Crippen LogP) is 7.17. The van der Waals surface area contributed by atoms with Gasteiger partial charge in [-0.05, 0) is 47.5 Å². The van der Waals surface area contributed by atoms with Crippen LogP contribution in [0.1, 0.15) is 25.0 Å². The number of fused-ring (bicyclic) bond motifs is 5. The summed E-state index contributed by atoms with van der Waals surface area (Å²) >= 11 is 0. The van der Waals surface area contributed by atoms with E-state index in [2.05, 4.69) is 115 Å². The zero-order chi connectivity index (χ0) is 19.6. The van der Waals surface area contributed by atoms with E-state index in [-0.39, 0.29) is 5.41 Å². The average Bonchev–Trinajstić information content (AvgIpc) is 3.07. The Morgan fingerprint density at radius 3 is 2.21 bits per heavy atom. The number of hydrogen-bond acceptors (Lipinski definition) is 1. The second kappa shape index (κ2) is 5.74. The zero-order valence-corrected chi connectivity index (χ0v) is 16.6. The van der Waals surface area contributed by atoms with Crippen molar-refractivity contribution < 1.29 is 0 Å². The number of hydrogen-bond donors (Lipinski definition) is 1. The van der Waals surface area contributed by atoms with Crippen molar-refractivity contribution in [3.8, 4) is 5.69 Å². The van der Waals surface area contributed by atoms with E-state index in [1.54, 1.807) is 0 Å². The normalized spacial score (nSPS) is 14.4. The molecule has 1 N–H and O–H groups in total. The Balaban J connectivity index is 1.73. The van der Waals surface area contributed by atoms with Crippen molar-refractivity contribution in [3.05, 3.63) is 102 Å². The van der Waals surface area contributed by atoms with Crippen LogP contribution in [0.15, 0.2) is 91.0 Å². The molecule has 2 heterocycles. The van der Waals surface area contributed by atoms with Crippen molar-refractivity contribution in [1.29, 1.82) is 0 Å². The molecule has 1 aromatic heterocycles. The van der Waals surface area contributed by atoms with Crippen LogP contribution in [-0.4, -0.2) is 4.57 Å². The molecule has 2 nitrogen and oxygen atoms in total. The zero-order valence-electron chi connectivity index (χ0n) is 16.6. The van der Waals surface area contributed by atoms with Gasteiger partial charge >= 0.3 is 0 Å². The summed E-state index contributed by atoms with van der Waals surface area (Å²) in [6, 6.07) is 32.7. The molecule has 1 aliphatic rings. The van der Waals surface area contributed by atoms with E-state index in [0.29, 0.717) is 0 Å². The highest BCUT2D eigenvalue weighted by molar-refractivity contribution is 6.11. The van der Waals surface area contributed by atoms with Gasteiger partial charge < -0.3 is 9.88 Å². The van der Waals surface area contributed by atoms with E-state index < -0.39 is 0 Å². The first kappa shape index (κ1) is 16.4. The van der Waals surface area contributed by atoms with Crippen LogP contribution in [0.3, 0.4) is 0 Å². The maximum atomic E-state index is 3.69. The number of benzene rings is 4. The van der Waals surface area contributed by atoms with Gasteiger partial charge in [-0.25, -0.2) is 0 Å². The fraction of sp³-hybridized carbons (Fsp3) is 0.111. The first-order valence-corrected chi connectivity index (χ1v) is 10.1. The third kappa shape index (κ3) is 2.23. The van der Waals surface area contributed by atoms with E-state index in [4.69, 9.17) is 0 Å². The lowest BCUT2D eigenvalue weighted by Crippen LogP contribution is -2.25. The summed E-state index contributed by atoms with van der Waals surface area (Å²) in [7, 11) is 0. The Hall–Kier alpha value is -3.52. The molecular weight excluding hydrogens is 352 g/mol. The van der Waals surface area contributed by atoms with Gasteiger partial charge in [-0.3, -0.25) is 0 Å². The maximum absolute atomic E-state index is 3.69. The van der Waals surface area contributed by atoms with Crippen LogP contribution in [0.4, 0.5) is 11.4 Å². The summed E-state index contributed by atoms with van der Waals surface area (Å²) in [5, 5.41) is 6.26. The maximum Gasteiger partial charge on any atom is 0.0545 e. The van der Waals surface area contributed by atoms with Crippen LogP contribution in [0, 0.1) is 0 Å². The molecule has 29 heavy (non-hydrogen) atoms. The molecule has 0 saturated carbocycles.